The van der Waals surface area contributed by atoms with Crippen molar-refractivity contribution in [2.24, 2.45) is 0 Å². The molecule has 0 saturated carbocycles. The smallest absolute Gasteiger partial charge is 0.339 e. The van der Waals surface area contributed by atoms with Gasteiger partial charge in [-0.25, -0.2) is 4.79 Å². The Hall–Kier alpha value is -3.12. The first-order chi connectivity index (χ1) is 14.5. The Labute approximate surface area is 180 Å². The van der Waals surface area contributed by atoms with Crippen LogP contribution in [0.5, 0.6) is 0 Å². The summed E-state index contributed by atoms with van der Waals surface area (Å²) in [7, 11) is 0. The quantitative estimate of drug-likeness (QED) is 0.268. The summed E-state index contributed by atoms with van der Waals surface area (Å²) in [5.41, 5.74) is 1.76. The number of ether oxygens (including phenoxy) is 2. The van der Waals surface area contributed by atoms with Crippen LogP contribution in [0.25, 0.3) is 11.6 Å². The van der Waals surface area contributed by atoms with Gasteiger partial charge in [0.2, 0.25) is 0 Å². The number of halogens is 1. The standard InChI is InChI=1S/C23H24ClNO5/c1-2-29-22(27)9-6-14-25-21(26)16-30-23(28)20(15-17-7-4-3-5-8-17)18-10-12-19(24)13-11-18/h3-5,7-8,10-13,15H,2,6,9,14,16H2,1H3,(H,25,26)/b20-15+. The van der Waals surface area contributed by atoms with E-state index in [0.717, 1.165) is 5.56 Å². The number of hydrogen-bond acceptors (Lipinski definition) is 5. The molecule has 1 N–H and O–H groups in total. The molecule has 0 radical (unpaired) electrons. The summed E-state index contributed by atoms with van der Waals surface area (Å²) >= 11 is 5.94. The first-order valence-electron chi connectivity index (χ1n) is 9.61. The third-order valence-electron chi connectivity index (χ3n) is 4.01. The third kappa shape index (κ3) is 8.09. The third-order valence-corrected chi connectivity index (χ3v) is 4.26. The van der Waals surface area contributed by atoms with Gasteiger partial charge in [0.15, 0.2) is 6.61 Å². The number of nitrogens with one attached hydrogen (secondary N) is 1. The summed E-state index contributed by atoms with van der Waals surface area (Å²) in [5, 5.41) is 3.16. The molecule has 0 aliphatic rings. The Bertz CT molecular complexity index is 878. The lowest BCUT2D eigenvalue weighted by atomic mass is 10.0. The highest BCUT2D eigenvalue weighted by atomic mass is 35.5. The zero-order valence-electron chi connectivity index (χ0n) is 16.7. The van der Waals surface area contributed by atoms with Crippen LogP contribution in [0.2, 0.25) is 5.02 Å². The summed E-state index contributed by atoms with van der Waals surface area (Å²) in [6.45, 7) is 1.93. The molecular formula is C23H24ClNO5. The first kappa shape index (κ1) is 23.2. The van der Waals surface area contributed by atoms with Crippen LogP contribution in [-0.2, 0) is 23.9 Å². The van der Waals surface area contributed by atoms with Gasteiger partial charge in [0.05, 0.1) is 12.2 Å². The molecule has 158 valence electrons. The van der Waals surface area contributed by atoms with E-state index in [1.165, 1.54) is 0 Å². The van der Waals surface area contributed by atoms with Crippen molar-refractivity contribution in [2.75, 3.05) is 19.8 Å². The van der Waals surface area contributed by atoms with E-state index >= 15 is 0 Å². The molecule has 2 aromatic rings. The minimum atomic E-state index is -0.622. The lowest BCUT2D eigenvalue weighted by Crippen LogP contribution is -2.30. The van der Waals surface area contributed by atoms with Gasteiger partial charge in [-0.1, -0.05) is 54.1 Å². The van der Waals surface area contributed by atoms with E-state index in [-0.39, 0.29) is 12.4 Å². The fraction of sp³-hybridized carbons (Fsp3) is 0.261. The second-order valence-corrected chi connectivity index (χ2v) is 6.75. The Balaban J connectivity index is 1.94. The maximum Gasteiger partial charge on any atom is 0.339 e. The van der Waals surface area contributed by atoms with Gasteiger partial charge in [0.25, 0.3) is 5.91 Å². The number of rotatable bonds is 10. The summed E-state index contributed by atoms with van der Waals surface area (Å²) in [5.74, 6) is -1.37. The fourth-order valence-corrected chi connectivity index (χ4v) is 2.69. The topological polar surface area (TPSA) is 81.7 Å². The molecule has 6 nitrogen and oxygen atoms in total. The molecule has 0 bridgehead atoms. The van der Waals surface area contributed by atoms with Crippen molar-refractivity contribution in [3.8, 4) is 0 Å². The van der Waals surface area contributed by atoms with E-state index in [1.54, 1.807) is 37.3 Å². The largest absolute Gasteiger partial charge is 0.466 e. The van der Waals surface area contributed by atoms with Gasteiger partial charge in [-0.3, -0.25) is 9.59 Å². The van der Waals surface area contributed by atoms with Crippen molar-refractivity contribution in [3.05, 3.63) is 70.7 Å². The highest BCUT2D eigenvalue weighted by molar-refractivity contribution is 6.30. The lowest BCUT2D eigenvalue weighted by molar-refractivity contribution is -0.143. The minimum Gasteiger partial charge on any atom is -0.466 e. The summed E-state index contributed by atoms with van der Waals surface area (Å²) in [6.07, 6.45) is 2.36. The number of esters is 2. The number of hydrogen-bond donors (Lipinski definition) is 1. The van der Waals surface area contributed by atoms with Crippen molar-refractivity contribution in [1.29, 1.82) is 0 Å². The van der Waals surface area contributed by atoms with E-state index in [1.807, 2.05) is 30.3 Å². The monoisotopic (exact) mass is 429 g/mol. The highest BCUT2D eigenvalue weighted by Gasteiger charge is 2.16. The van der Waals surface area contributed by atoms with Crippen molar-refractivity contribution in [2.45, 2.75) is 19.8 Å². The zero-order chi connectivity index (χ0) is 21.8. The van der Waals surface area contributed by atoms with Gasteiger partial charge in [0.1, 0.15) is 0 Å². The van der Waals surface area contributed by atoms with E-state index < -0.39 is 18.5 Å². The van der Waals surface area contributed by atoms with Crippen molar-refractivity contribution in [1.82, 2.24) is 5.32 Å². The molecule has 0 spiro atoms. The normalized spacial score (nSPS) is 10.9. The Morgan fingerprint density at radius 2 is 1.70 bits per heavy atom. The molecule has 0 aliphatic carbocycles. The fourth-order valence-electron chi connectivity index (χ4n) is 2.56. The number of amides is 1. The number of benzene rings is 2. The van der Waals surface area contributed by atoms with Crippen molar-refractivity contribution < 1.29 is 23.9 Å². The molecule has 0 aromatic heterocycles. The summed E-state index contributed by atoms with van der Waals surface area (Å²) < 4.78 is 10.0. The molecule has 0 aliphatic heterocycles. The van der Waals surface area contributed by atoms with Gasteiger partial charge in [-0.05, 0) is 42.7 Å². The van der Waals surface area contributed by atoms with Crippen LogP contribution in [-0.4, -0.2) is 37.6 Å². The van der Waals surface area contributed by atoms with E-state index in [4.69, 9.17) is 21.1 Å². The van der Waals surface area contributed by atoms with Gasteiger partial charge >= 0.3 is 11.9 Å². The van der Waals surface area contributed by atoms with Crippen LogP contribution in [0.3, 0.4) is 0 Å². The average molecular weight is 430 g/mol. The van der Waals surface area contributed by atoms with Crippen LogP contribution < -0.4 is 5.32 Å². The van der Waals surface area contributed by atoms with Gasteiger partial charge in [-0.15, -0.1) is 0 Å². The van der Waals surface area contributed by atoms with Crippen molar-refractivity contribution >= 4 is 41.1 Å². The molecular weight excluding hydrogens is 406 g/mol. The predicted octanol–water partition coefficient (Wildman–Crippen LogP) is 3.88. The van der Waals surface area contributed by atoms with Gasteiger partial charge in [-0.2, -0.15) is 0 Å². The lowest BCUT2D eigenvalue weighted by Gasteiger charge is -2.10. The summed E-state index contributed by atoms with van der Waals surface area (Å²) in [6, 6.07) is 16.1. The highest BCUT2D eigenvalue weighted by Crippen LogP contribution is 2.22. The molecule has 30 heavy (non-hydrogen) atoms. The predicted molar refractivity (Wildman–Crippen MR) is 116 cm³/mol. The zero-order valence-corrected chi connectivity index (χ0v) is 17.5. The average Bonchev–Trinajstić information content (AvgIpc) is 2.75. The van der Waals surface area contributed by atoms with E-state index in [2.05, 4.69) is 5.32 Å². The van der Waals surface area contributed by atoms with Gasteiger partial charge in [0, 0.05) is 18.0 Å². The van der Waals surface area contributed by atoms with Crippen LogP contribution in [0.1, 0.15) is 30.9 Å². The molecule has 2 aromatic carbocycles. The molecule has 7 heteroatoms. The Kier molecular flexibility index (Phi) is 9.61. The number of carbonyl (C=O) groups is 3. The van der Waals surface area contributed by atoms with Crippen LogP contribution in [0.15, 0.2) is 54.6 Å². The molecule has 0 heterocycles. The summed E-state index contributed by atoms with van der Waals surface area (Å²) in [4.78, 5) is 35.9. The Morgan fingerprint density at radius 1 is 1.00 bits per heavy atom. The van der Waals surface area contributed by atoms with E-state index in [0.29, 0.717) is 35.7 Å². The maximum atomic E-state index is 12.7. The molecule has 2 rings (SSSR count). The molecule has 1 amide bonds. The van der Waals surface area contributed by atoms with Crippen LogP contribution in [0, 0.1) is 0 Å². The Morgan fingerprint density at radius 3 is 2.37 bits per heavy atom. The number of carbonyl (C=O) groups excluding carboxylic acids is 3. The SMILES string of the molecule is CCOC(=O)CCCNC(=O)COC(=O)/C(=C/c1ccccc1)c1ccc(Cl)cc1. The molecule has 0 atom stereocenters. The van der Waals surface area contributed by atoms with E-state index in [9.17, 15) is 14.4 Å². The molecule has 0 fully saturated rings. The van der Waals surface area contributed by atoms with Crippen LogP contribution >= 0.6 is 11.6 Å². The van der Waals surface area contributed by atoms with Crippen LogP contribution in [0.4, 0.5) is 0 Å². The van der Waals surface area contributed by atoms with Crippen molar-refractivity contribution in [3.63, 3.8) is 0 Å². The first-order valence-corrected chi connectivity index (χ1v) is 9.99. The second kappa shape index (κ2) is 12.4. The second-order valence-electron chi connectivity index (χ2n) is 6.31. The molecule has 0 unspecified atom stereocenters. The maximum absolute atomic E-state index is 12.7. The molecule has 0 saturated heterocycles. The minimum absolute atomic E-state index is 0.217. The van der Waals surface area contributed by atoms with Gasteiger partial charge < -0.3 is 14.8 Å².